The van der Waals surface area contributed by atoms with Crippen LogP contribution in [0.3, 0.4) is 0 Å². The molecule has 212 valence electrons. The zero-order chi connectivity index (χ0) is 27.9. The Labute approximate surface area is 208 Å². The maximum Gasteiger partial charge on any atom is 0.381 e. The zero-order valence-corrected chi connectivity index (χ0v) is 25.1. The SMILES string of the molecule is CCC(CC)(CC[NH+](CP(=O)(O)O)C(CC)(CC)CP(=O)([O-])O)[NH+](CP(C)(=O)O)CP(=O)(O)OC. The molecule has 0 aliphatic heterocycles. The molecule has 0 saturated heterocycles. The molecule has 0 radical (unpaired) electrons. The minimum absolute atomic E-state index is 0.0557. The van der Waals surface area contributed by atoms with Crippen molar-refractivity contribution in [1.29, 1.82) is 0 Å². The van der Waals surface area contributed by atoms with E-state index in [1.807, 2.05) is 13.8 Å². The van der Waals surface area contributed by atoms with Crippen LogP contribution in [-0.2, 0) is 22.8 Å². The highest BCUT2D eigenvalue weighted by Gasteiger charge is 2.48. The minimum Gasteiger partial charge on any atom is -0.778 e. The molecule has 0 aliphatic rings. The first-order chi connectivity index (χ1) is 15.6. The van der Waals surface area contributed by atoms with Crippen LogP contribution in [-0.4, -0.2) is 80.9 Å². The first kappa shape index (κ1) is 35.6. The lowest BCUT2D eigenvalue weighted by Gasteiger charge is -2.45. The predicted molar refractivity (Wildman–Crippen MR) is 132 cm³/mol. The standard InChI is InChI=1S/C18H44N2O11P4/c1-7-17(8-2,20(14-32(6,21)22)16-35(29,30)31-5)11-12-19(15-34(26,27)28)18(9-3,10-4)13-33(23,24)25/h7-16H2,1-6H3,(H,21,22)(H,29,30)(H2,23,24,25)(H2,26,27,28)/p+1. The van der Waals surface area contributed by atoms with Crippen molar-refractivity contribution in [3.8, 4) is 0 Å². The van der Waals surface area contributed by atoms with Crippen LogP contribution in [0.25, 0.3) is 0 Å². The van der Waals surface area contributed by atoms with Gasteiger partial charge in [-0.2, -0.15) is 0 Å². The van der Waals surface area contributed by atoms with Gasteiger partial charge in [0, 0.05) is 13.8 Å². The van der Waals surface area contributed by atoms with E-state index in [9.17, 15) is 47.6 Å². The molecule has 0 amide bonds. The lowest BCUT2D eigenvalue weighted by atomic mass is 9.86. The number of hydrogen-bond donors (Lipinski definition) is 7. The summed E-state index contributed by atoms with van der Waals surface area (Å²) in [5.74, 6) is 0. The fourth-order valence-electron chi connectivity index (χ4n) is 4.94. The van der Waals surface area contributed by atoms with Crippen LogP contribution in [0.2, 0.25) is 0 Å². The van der Waals surface area contributed by atoms with E-state index in [2.05, 4.69) is 0 Å². The summed E-state index contributed by atoms with van der Waals surface area (Å²) in [6.07, 6.45) is -0.685. The van der Waals surface area contributed by atoms with Crippen LogP contribution in [0.15, 0.2) is 0 Å². The second-order valence-electron chi connectivity index (χ2n) is 9.49. The molecule has 7 N–H and O–H groups in total. The molecule has 0 spiro atoms. The summed E-state index contributed by atoms with van der Waals surface area (Å²) < 4.78 is 53.3. The fourth-order valence-corrected chi connectivity index (χ4v) is 9.76. The van der Waals surface area contributed by atoms with E-state index < -0.39 is 60.0 Å². The van der Waals surface area contributed by atoms with Crippen molar-refractivity contribution >= 4 is 30.2 Å². The van der Waals surface area contributed by atoms with Gasteiger partial charge in [-0.25, -0.2) is 0 Å². The number of quaternary nitrogens is 2. The largest absolute Gasteiger partial charge is 0.778 e. The van der Waals surface area contributed by atoms with Crippen molar-refractivity contribution in [1.82, 2.24) is 0 Å². The smallest absolute Gasteiger partial charge is 0.381 e. The van der Waals surface area contributed by atoms with Crippen LogP contribution < -0.4 is 14.7 Å². The molecule has 17 heteroatoms. The zero-order valence-electron chi connectivity index (χ0n) is 21.5. The van der Waals surface area contributed by atoms with Crippen LogP contribution in [0.5, 0.6) is 0 Å². The molecule has 0 fully saturated rings. The van der Waals surface area contributed by atoms with E-state index in [4.69, 9.17) is 4.52 Å². The molecular formula is C18H45N2O11P4+. The van der Waals surface area contributed by atoms with Crippen LogP contribution >= 0.6 is 30.2 Å². The van der Waals surface area contributed by atoms with Gasteiger partial charge in [-0.1, -0.05) is 27.7 Å². The van der Waals surface area contributed by atoms with Gasteiger partial charge in [-0.15, -0.1) is 0 Å². The fraction of sp³-hybridized carbons (Fsp3) is 1.00. The Morgan fingerprint density at radius 1 is 0.771 bits per heavy atom. The van der Waals surface area contributed by atoms with Gasteiger partial charge in [0.2, 0.25) is 7.37 Å². The van der Waals surface area contributed by atoms with Gasteiger partial charge in [-0.3, -0.25) is 13.7 Å². The molecular weight excluding hydrogens is 544 g/mol. The number of hydrogen-bond acceptors (Lipinski definition) is 6. The molecule has 0 aromatic heterocycles. The monoisotopic (exact) mass is 589 g/mol. The van der Waals surface area contributed by atoms with Crippen molar-refractivity contribution in [2.24, 2.45) is 0 Å². The molecule has 0 saturated carbocycles. The lowest BCUT2D eigenvalue weighted by molar-refractivity contribution is -0.960. The van der Waals surface area contributed by atoms with Gasteiger partial charge in [0.25, 0.3) is 0 Å². The van der Waals surface area contributed by atoms with Crippen molar-refractivity contribution in [3.05, 3.63) is 0 Å². The quantitative estimate of drug-likeness (QED) is 0.102. The second-order valence-corrected chi connectivity index (χ2v) is 17.1. The van der Waals surface area contributed by atoms with Gasteiger partial charge in [0.1, 0.15) is 18.7 Å². The van der Waals surface area contributed by atoms with E-state index in [0.29, 0.717) is 17.7 Å². The third kappa shape index (κ3) is 12.3. The Morgan fingerprint density at radius 3 is 1.54 bits per heavy atom. The third-order valence-corrected chi connectivity index (χ3v) is 11.3. The first-order valence-electron chi connectivity index (χ1n) is 11.6. The highest BCUT2D eigenvalue weighted by Crippen LogP contribution is 2.41. The molecule has 0 rings (SSSR count). The third-order valence-electron chi connectivity index (χ3n) is 7.17. The Hall–Kier alpha value is 0.560. The van der Waals surface area contributed by atoms with Crippen molar-refractivity contribution < 1.29 is 61.9 Å². The molecule has 35 heavy (non-hydrogen) atoms. The highest BCUT2D eigenvalue weighted by molar-refractivity contribution is 7.57. The van der Waals surface area contributed by atoms with E-state index in [-0.39, 0.29) is 37.0 Å². The van der Waals surface area contributed by atoms with Gasteiger partial charge < -0.3 is 48.2 Å². The van der Waals surface area contributed by atoms with Gasteiger partial charge in [0.15, 0.2) is 18.9 Å². The van der Waals surface area contributed by atoms with Crippen LogP contribution in [0.1, 0.15) is 59.8 Å². The predicted octanol–water partition coefficient (Wildman–Crippen LogP) is -0.408. The molecule has 0 aromatic rings. The minimum atomic E-state index is -4.78. The summed E-state index contributed by atoms with van der Waals surface area (Å²) >= 11 is 0. The molecule has 0 bridgehead atoms. The van der Waals surface area contributed by atoms with Gasteiger partial charge in [-0.05, 0) is 25.7 Å². The topological polar surface area (TPSA) is 211 Å². The maximum atomic E-state index is 12.4. The first-order valence-corrected chi connectivity index (χ1v) is 19.2. The molecule has 5 atom stereocenters. The van der Waals surface area contributed by atoms with Gasteiger partial charge in [0.05, 0.1) is 19.1 Å². The average Bonchev–Trinajstić information content (AvgIpc) is 2.69. The van der Waals surface area contributed by atoms with Crippen LogP contribution in [0, 0.1) is 0 Å². The Bertz CT molecular complexity index is 845. The van der Waals surface area contributed by atoms with Crippen LogP contribution in [0.4, 0.5) is 0 Å². The summed E-state index contributed by atoms with van der Waals surface area (Å²) in [7, 11) is -16.1. The summed E-state index contributed by atoms with van der Waals surface area (Å²) in [4.78, 5) is 61.8. The Kier molecular flexibility index (Phi) is 13.8. The second kappa shape index (κ2) is 13.6. The van der Waals surface area contributed by atoms with E-state index >= 15 is 0 Å². The molecule has 13 nitrogen and oxygen atoms in total. The molecule has 0 heterocycles. The summed E-state index contributed by atoms with van der Waals surface area (Å²) in [5, 5.41) is 0. The van der Waals surface area contributed by atoms with E-state index in [0.717, 1.165) is 13.8 Å². The van der Waals surface area contributed by atoms with Crippen molar-refractivity contribution in [3.63, 3.8) is 0 Å². The Morgan fingerprint density at radius 2 is 1.23 bits per heavy atom. The normalized spacial score (nSPS) is 20.5. The van der Waals surface area contributed by atoms with E-state index in [1.165, 1.54) is 0 Å². The van der Waals surface area contributed by atoms with E-state index in [1.54, 1.807) is 13.8 Å². The average molecular weight is 589 g/mol. The highest BCUT2D eigenvalue weighted by atomic mass is 31.2. The molecule has 0 aromatic carbocycles. The van der Waals surface area contributed by atoms with Gasteiger partial charge >= 0.3 is 15.2 Å². The van der Waals surface area contributed by atoms with Crippen molar-refractivity contribution in [2.75, 3.05) is 45.3 Å². The summed E-state index contributed by atoms with van der Waals surface area (Å²) in [5.41, 5.74) is -2.03. The van der Waals surface area contributed by atoms with Crippen molar-refractivity contribution in [2.45, 2.75) is 70.9 Å². The lowest BCUT2D eigenvalue weighted by Crippen LogP contribution is -3.23. The number of nitrogens with one attached hydrogen (secondary N) is 2. The Balaban J connectivity index is 6.50. The maximum absolute atomic E-state index is 12.4. The number of rotatable bonds is 18. The molecule has 0 aliphatic carbocycles. The summed E-state index contributed by atoms with van der Waals surface area (Å²) in [6.45, 7) is 8.19. The molecule has 5 unspecified atom stereocenters. The summed E-state index contributed by atoms with van der Waals surface area (Å²) in [6, 6.07) is 0.